The summed E-state index contributed by atoms with van der Waals surface area (Å²) >= 11 is 0. The van der Waals surface area contributed by atoms with Gasteiger partial charge in [-0.25, -0.2) is 4.39 Å². The van der Waals surface area contributed by atoms with Crippen LogP contribution >= 0.6 is 0 Å². The average molecular weight is 280 g/mol. The minimum Gasteiger partial charge on any atom is -0.481 e. The van der Waals surface area contributed by atoms with E-state index < -0.39 is 36.4 Å². The summed E-state index contributed by atoms with van der Waals surface area (Å²) in [5, 5.41) is 17.7. The van der Waals surface area contributed by atoms with Gasteiger partial charge in [-0.05, 0) is 30.5 Å². The monoisotopic (exact) mass is 280 g/mol. The van der Waals surface area contributed by atoms with Gasteiger partial charge in [0.25, 0.3) is 0 Å². The molecule has 0 radical (unpaired) electrons. The fourth-order valence-electron chi connectivity index (χ4n) is 1.62. The predicted molar refractivity (Wildman–Crippen MR) is 57.9 cm³/mol. The summed E-state index contributed by atoms with van der Waals surface area (Å²) in [5.41, 5.74) is 0.266. The molecule has 19 heavy (non-hydrogen) atoms. The summed E-state index contributed by atoms with van der Waals surface area (Å²) in [6, 6.07) is 4.95. The number of aliphatic hydroxyl groups excluding tert-OH is 1. The Bertz CT molecular complexity index is 445. The van der Waals surface area contributed by atoms with Crippen LogP contribution in [-0.4, -0.2) is 28.5 Å². The molecule has 7 heteroatoms. The maximum absolute atomic E-state index is 12.9. The van der Waals surface area contributed by atoms with E-state index in [1.54, 1.807) is 0 Å². The van der Waals surface area contributed by atoms with Crippen molar-refractivity contribution in [2.45, 2.75) is 25.1 Å². The van der Waals surface area contributed by atoms with Gasteiger partial charge >= 0.3 is 12.1 Å². The number of carbonyl (C=O) groups is 1. The van der Waals surface area contributed by atoms with Crippen LogP contribution in [0.5, 0.6) is 0 Å². The molecule has 0 fully saturated rings. The van der Waals surface area contributed by atoms with Crippen molar-refractivity contribution >= 4 is 5.97 Å². The van der Waals surface area contributed by atoms with Crippen LogP contribution in [0.1, 0.15) is 12.0 Å². The van der Waals surface area contributed by atoms with Gasteiger partial charge < -0.3 is 10.2 Å². The first kappa shape index (κ1) is 15.4. The number of rotatable bonds is 5. The minimum atomic E-state index is -4.87. The van der Waals surface area contributed by atoms with Crippen molar-refractivity contribution in [2.24, 2.45) is 5.92 Å². The first-order valence-electron chi connectivity index (χ1n) is 5.42. The lowest BCUT2D eigenvalue weighted by Gasteiger charge is -2.19. The fraction of sp³-hybridized carbons (Fsp3) is 0.417. The van der Waals surface area contributed by atoms with Crippen LogP contribution in [0.3, 0.4) is 0 Å². The van der Waals surface area contributed by atoms with Crippen LogP contribution in [0.15, 0.2) is 24.3 Å². The molecule has 2 N–H and O–H groups in total. The Morgan fingerprint density at radius 2 is 1.95 bits per heavy atom. The molecule has 3 nitrogen and oxygen atoms in total. The molecule has 0 aromatic heterocycles. The third kappa shape index (κ3) is 4.86. The molecule has 0 aliphatic carbocycles. The lowest BCUT2D eigenvalue weighted by Crippen LogP contribution is -2.33. The average Bonchev–Trinajstić information content (AvgIpc) is 2.26. The van der Waals surface area contributed by atoms with Crippen molar-refractivity contribution in [1.29, 1.82) is 0 Å². The van der Waals surface area contributed by atoms with Crippen LogP contribution < -0.4 is 0 Å². The maximum Gasteiger partial charge on any atom is 0.414 e. The molecule has 1 aromatic carbocycles. The van der Waals surface area contributed by atoms with Crippen LogP contribution in [0.25, 0.3) is 0 Å². The van der Waals surface area contributed by atoms with E-state index in [0.29, 0.717) is 0 Å². The van der Waals surface area contributed by atoms with Gasteiger partial charge in [-0.15, -0.1) is 0 Å². The number of carboxylic acid groups (broad SMARTS) is 1. The Morgan fingerprint density at radius 1 is 1.32 bits per heavy atom. The van der Waals surface area contributed by atoms with E-state index in [1.807, 2.05) is 0 Å². The molecule has 0 aliphatic heterocycles. The van der Waals surface area contributed by atoms with Gasteiger partial charge in [-0.2, -0.15) is 13.2 Å². The summed E-state index contributed by atoms with van der Waals surface area (Å²) < 4.78 is 49.4. The zero-order valence-electron chi connectivity index (χ0n) is 9.69. The molecule has 0 spiro atoms. The van der Waals surface area contributed by atoms with Gasteiger partial charge in [0.15, 0.2) is 6.10 Å². The topological polar surface area (TPSA) is 57.5 Å². The molecular formula is C12H12F4O3. The highest BCUT2D eigenvalue weighted by atomic mass is 19.4. The highest BCUT2D eigenvalue weighted by Gasteiger charge is 2.40. The van der Waals surface area contributed by atoms with Crippen LogP contribution in [0, 0.1) is 11.7 Å². The van der Waals surface area contributed by atoms with Gasteiger partial charge in [0.05, 0.1) is 5.92 Å². The fourth-order valence-corrected chi connectivity index (χ4v) is 1.62. The Labute approximate surface area is 106 Å². The largest absolute Gasteiger partial charge is 0.481 e. The molecule has 0 bridgehead atoms. The zero-order valence-corrected chi connectivity index (χ0v) is 9.69. The number of benzene rings is 1. The van der Waals surface area contributed by atoms with E-state index in [2.05, 4.69) is 0 Å². The Hall–Kier alpha value is -1.63. The van der Waals surface area contributed by atoms with E-state index in [4.69, 9.17) is 10.2 Å². The second-order valence-electron chi connectivity index (χ2n) is 4.16. The Morgan fingerprint density at radius 3 is 2.42 bits per heavy atom. The van der Waals surface area contributed by atoms with Gasteiger partial charge in [0.2, 0.25) is 0 Å². The van der Waals surface area contributed by atoms with E-state index >= 15 is 0 Å². The molecule has 1 aromatic rings. The van der Waals surface area contributed by atoms with Crippen molar-refractivity contribution in [3.8, 4) is 0 Å². The van der Waals surface area contributed by atoms with Gasteiger partial charge in [-0.1, -0.05) is 12.1 Å². The molecule has 1 rings (SSSR count). The molecule has 0 aliphatic rings. The van der Waals surface area contributed by atoms with Crippen molar-refractivity contribution < 1.29 is 32.6 Å². The van der Waals surface area contributed by atoms with Crippen molar-refractivity contribution in [3.05, 3.63) is 35.6 Å². The summed E-state index contributed by atoms with van der Waals surface area (Å²) in [6.07, 6.45) is -8.81. The standard InChI is InChI=1S/C12H12F4O3/c13-9-3-1-2-7(5-9)4-8(11(18)19)6-10(17)12(14,15)16/h1-3,5,8,10,17H,4,6H2,(H,18,19). The number of halogens is 4. The van der Waals surface area contributed by atoms with Crippen molar-refractivity contribution in [2.75, 3.05) is 0 Å². The number of aliphatic carboxylic acids is 1. The number of alkyl halides is 3. The first-order chi connectivity index (χ1) is 8.70. The van der Waals surface area contributed by atoms with Crippen LogP contribution in [0.4, 0.5) is 17.6 Å². The normalized spacial score (nSPS) is 15.0. The van der Waals surface area contributed by atoms with E-state index in [9.17, 15) is 22.4 Å². The molecule has 0 saturated carbocycles. The second-order valence-corrected chi connectivity index (χ2v) is 4.16. The summed E-state index contributed by atoms with van der Waals surface area (Å²) in [4.78, 5) is 10.9. The number of hydrogen-bond donors (Lipinski definition) is 2. The summed E-state index contributed by atoms with van der Waals surface area (Å²) in [7, 11) is 0. The molecule has 106 valence electrons. The molecule has 2 unspecified atom stereocenters. The highest BCUT2D eigenvalue weighted by molar-refractivity contribution is 5.70. The Kier molecular flexibility index (Phi) is 4.88. The maximum atomic E-state index is 12.9. The quantitative estimate of drug-likeness (QED) is 0.814. The molecule has 0 heterocycles. The zero-order chi connectivity index (χ0) is 14.6. The predicted octanol–water partition coefficient (Wildman–Crippen LogP) is 2.38. The lowest BCUT2D eigenvalue weighted by atomic mass is 9.93. The van der Waals surface area contributed by atoms with E-state index in [1.165, 1.54) is 12.1 Å². The Balaban J connectivity index is 2.77. The van der Waals surface area contributed by atoms with Gasteiger partial charge in [0.1, 0.15) is 5.82 Å². The summed E-state index contributed by atoms with van der Waals surface area (Å²) in [5.74, 6) is -3.50. The molecular weight excluding hydrogens is 268 g/mol. The van der Waals surface area contributed by atoms with Crippen molar-refractivity contribution in [3.63, 3.8) is 0 Å². The minimum absolute atomic E-state index is 0.266. The van der Waals surface area contributed by atoms with Crippen molar-refractivity contribution in [1.82, 2.24) is 0 Å². The smallest absolute Gasteiger partial charge is 0.414 e. The lowest BCUT2D eigenvalue weighted by molar-refractivity contribution is -0.209. The SMILES string of the molecule is O=C(O)C(Cc1cccc(F)c1)CC(O)C(F)(F)F. The van der Waals surface area contributed by atoms with Crippen LogP contribution in [0.2, 0.25) is 0 Å². The number of hydrogen-bond acceptors (Lipinski definition) is 2. The second kappa shape index (κ2) is 6.01. The van der Waals surface area contributed by atoms with E-state index in [0.717, 1.165) is 12.1 Å². The van der Waals surface area contributed by atoms with Gasteiger partial charge in [-0.3, -0.25) is 4.79 Å². The molecule has 0 saturated heterocycles. The molecule has 0 amide bonds. The third-order valence-electron chi connectivity index (χ3n) is 2.61. The molecule has 2 atom stereocenters. The highest BCUT2D eigenvalue weighted by Crippen LogP contribution is 2.26. The summed E-state index contributed by atoms with van der Waals surface area (Å²) in [6.45, 7) is 0. The number of aliphatic hydroxyl groups is 1. The number of carboxylic acids is 1. The third-order valence-corrected chi connectivity index (χ3v) is 2.61. The first-order valence-corrected chi connectivity index (χ1v) is 5.42. The van der Waals surface area contributed by atoms with Gasteiger partial charge in [0, 0.05) is 0 Å². The van der Waals surface area contributed by atoms with E-state index in [-0.39, 0.29) is 12.0 Å². The van der Waals surface area contributed by atoms with Crippen LogP contribution in [-0.2, 0) is 11.2 Å².